The third-order valence-corrected chi connectivity index (χ3v) is 4.10. The summed E-state index contributed by atoms with van der Waals surface area (Å²) in [7, 11) is -3.57. The van der Waals surface area contributed by atoms with E-state index in [9.17, 15) is 8.42 Å². The molecule has 20 heavy (non-hydrogen) atoms. The van der Waals surface area contributed by atoms with Gasteiger partial charge in [0.1, 0.15) is 4.90 Å². The van der Waals surface area contributed by atoms with Crippen molar-refractivity contribution in [2.45, 2.75) is 18.4 Å². The Bertz CT molecular complexity index is 640. The van der Waals surface area contributed by atoms with Crippen molar-refractivity contribution in [3.05, 3.63) is 54.4 Å². The van der Waals surface area contributed by atoms with Crippen LogP contribution in [0, 0.1) is 0 Å². The van der Waals surface area contributed by atoms with Crippen LogP contribution in [-0.4, -0.2) is 19.9 Å². The maximum atomic E-state index is 12.1. The molecule has 106 valence electrons. The average molecular weight is 291 g/mol. The van der Waals surface area contributed by atoms with Gasteiger partial charge in [-0.3, -0.25) is 9.71 Å². The van der Waals surface area contributed by atoms with Crippen molar-refractivity contribution < 1.29 is 8.42 Å². The molecule has 0 aliphatic carbocycles. The number of benzene rings is 1. The van der Waals surface area contributed by atoms with Crippen LogP contribution in [0.1, 0.15) is 12.5 Å². The zero-order chi connectivity index (χ0) is 14.4. The summed E-state index contributed by atoms with van der Waals surface area (Å²) in [5.41, 5.74) is 1.64. The molecular formula is C14H17N3O2S. The molecule has 0 aliphatic heterocycles. The molecule has 0 atom stereocenters. The number of pyridine rings is 1. The van der Waals surface area contributed by atoms with Crippen LogP contribution in [0.25, 0.3) is 0 Å². The van der Waals surface area contributed by atoms with Crippen molar-refractivity contribution in [1.29, 1.82) is 0 Å². The molecule has 0 saturated carbocycles. The molecule has 2 rings (SSSR count). The molecule has 0 radical (unpaired) electrons. The Kier molecular flexibility index (Phi) is 4.70. The average Bonchev–Trinajstić information content (AvgIpc) is 2.47. The number of rotatable bonds is 6. The number of anilines is 1. The summed E-state index contributed by atoms with van der Waals surface area (Å²) < 4.78 is 26.7. The van der Waals surface area contributed by atoms with E-state index in [1.165, 1.54) is 18.5 Å². The van der Waals surface area contributed by atoms with Gasteiger partial charge in [0.15, 0.2) is 0 Å². The van der Waals surface area contributed by atoms with Gasteiger partial charge in [0.05, 0.1) is 0 Å². The predicted molar refractivity (Wildman–Crippen MR) is 78.9 cm³/mol. The van der Waals surface area contributed by atoms with Gasteiger partial charge in [-0.25, -0.2) is 8.42 Å². The number of hydrogen-bond donors (Lipinski definition) is 2. The van der Waals surface area contributed by atoms with E-state index in [1.807, 2.05) is 19.1 Å². The molecule has 1 heterocycles. The van der Waals surface area contributed by atoms with Gasteiger partial charge >= 0.3 is 0 Å². The fourth-order valence-electron chi connectivity index (χ4n) is 1.68. The second-order valence-corrected chi connectivity index (χ2v) is 5.95. The topological polar surface area (TPSA) is 71.1 Å². The fraction of sp³-hybridized carbons (Fsp3) is 0.214. The number of sulfonamides is 1. The Labute approximate surface area is 119 Å². The zero-order valence-corrected chi connectivity index (χ0v) is 12.0. The van der Waals surface area contributed by atoms with Crippen LogP contribution in [0.4, 0.5) is 5.69 Å². The van der Waals surface area contributed by atoms with E-state index in [0.29, 0.717) is 5.69 Å². The van der Waals surface area contributed by atoms with E-state index in [4.69, 9.17) is 0 Å². The second-order valence-electron chi connectivity index (χ2n) is 4.27. The highest BCUT2D eigenvalue weighted by Crippen LogP contribution is 2.15. The molecule has 0 fully saturated rings. The molecule has 0 amide bonds. The van der Waals surface area contributed by atoms with Gasteiger partial charge < -0.3 is 5.32 Å². The summed E-state index contributed by atoms with van der Waals surface area (Å²) in [6.07, 6.45) is 2.86. The highest BCUT2D eigenvalue weighted by atomic mass is 32.2. The highest BCUT2D eigenvalue weighted by molar-refractivity contribution is 7.92. The van der Waals surface area contributed by atoms with Gasteiger partial charge in [0.25, 0.3) is 10.0 Å². The van der Waals surface area contributed by atoms with Gasteiger partial charge in [-0.2, -0.15) is 0 Å². The lowest BCUT2D eigenvalue weighted by atomic mass is 10.2. The van der Waals surface area contributed by atoms with Gasteiger partial charge in [0, 0.05) is 24.6 Å². The molecule has 0 saturated heterocycles. The number of nitrogens with zero attached hydrogens (tertiary/aromatic N) is 1. The molecule has 0 unspecified atom stereocenters. The molecule has 1 aromatic heterocycles. The van der Waals surface area contributed by atoms with Gasteiger partial charge in [-0.05, 0) is 36.4 Å². The Hall–Kier alpha value is -1.92. The first-order valence-electron chi connectivity index (χ1n) is 6.34. The van der Waals surface area contributed by atoms with E-state index in [2.05, 4.69) is 15.0 Å². The summed E-state index contributed by atoms with van der Waals surface area (Å²) >= 11 is 0. The molecular weight excluding hydrogens is 274 g/mol. The van der Waals surface area contributed by atoms with Crippen LogP contribution in [0.15, 0.2) is 53.7 Å². The minimum Gasteiger partial charge on any atom is -0.313 e. The summed E-state index contributed by atoms with van der Waals surface area (Å²) in [6, 6.07) is 10.4. The summed E-state index contributed by atoms with van der Waals surface area (Å²) in [5, 5.41) is 3.21. The van der Waals surface area contributed by atoms with Crippen molar-refractivity contribution >= 4 is 15.7 Å². The smallest absolute Gasteiger partial charge is 0.263 e. The Morgan fingerprint density at radius 1 is 1.15 bits per heavy atom. The molecule has 0 bridgehead atoms. The Morgan fingerprint density at radius 2 is 1.90 bits per heavy atom. The second kappa shape index (κ2) is 6.49. The molecule has 2 aromatic rings. The predicted octanol–water partition coefficient (Wildman–Crippen LogP) is 1.99. The normalized spacial score (nSPS) is 11.2. The van der Waals surface area contributed by atoms with Crippen LogP contribution in [-0.2, 0) is 16.6 Å². The van der Waals surface area contributed by atoms with Crippen molar-refractivity contribution in [3.63, 3.8) is 0 Å². The first-order chi connectivity index (χ1) is 9.62. The number of hydrogen-bond acceptors (Lipinski definition) is 4. The summed E-state index contributed by atoms with van der Waals surface area (Å²) in [6.45, 7) is 3.71. The summed E-state index contributed by atoms with van der Waals surface area (Å²) in [5.74, 6) is 0. The molecule has 5 nitrogen and oxygen atoms in total. The Balaban J connectivity index is 2.10. The minimum absolute atomic E-state index is 0.150. The third kappa shape index (κ3) is 3.79. The maximum Gasteiger partial charge on any atom is 0.263 e. The summed E-state index contributed by atoms with van der Waals surface area (Å²) in [4.78, 5) is 3.96. The SMILES string of the molecule is CCNCc1ccc(NS(=O)(=O)c2cccnc2)cc1. The molecule has 2 N–H and O–H groups in total. The quantitative estimate of drug-likeness (QED) is 0.854. The third-order valence-electron chi connectivity index (χ3n) is 2.73. The largest absolute Gasteiger partial charge is 0.313 e. The molecule has 6 heteroatoms. The Morgan fingerprint density at radius 3 is 2.50 bits per heavy atom. The van der Waals surface area contributed by atoms with Crippen LogP contribution in [0.5, 0.6) is 0 Å². The van der Waals surface area contributed by atoms with E-state index in [-0.39, 0.29) is 4.90 Å². The number of aromatic nitrogens is 1. The van der Waals surface area contributed by atoms with Gasteiger partial charge in [-0.15, -0.1) is 0 Å². The monoisotopic (exact) mass is 291 g/mol. The van der Waals surface area contributed by atoms with Crippen LogP contribution < -0.4 is 10.0 Å². The molecule has 1 aromatic carbocycles. The zero-order valence-electron chi connectivity index (χ0n) is 11.2. The lowest BCUT2D eigenvalue weighted by Crippen LogP contribution is -2.14. The maximum absolute atomic E-state index is 12.1. The van der Waals surface area contributed by atoms with Crippen LogP contribution in [0.2, 0.25) is 0 Å². The van der Waals surface area contributed by atoms with Crippen LogP contribution >= 0.6 is 0 Å². The van der Waals surface area contributed by atoms with Crippen molar-refractivity contribution in [2.24, 2.45) is 0 Å². The fourth-order valence-corrected chi connectivity index (χ4v) is 2.70. The highest BCUT2D eigenvalue weighted by Gasteiger charge is 2.13. The first kappa shape index (κ1) is 14.5. The standard InChI is InChI=1S/C14H17N3O2S/c1-2-15-10-12-5-7-13(8-6-12)17-20(18,19)14-4-3-9-16-11-14/h3-9,11,15,17H,2,10H2,1H3. The molecule has 0 aliphatic rings. The van der Waals surface area contributed by atoms with E-state index in [0.717, 1.165) is 18.7 Å². The van der Waals surface area contributed by atoms with Gasteiger partial charge in [0.2, 0.25) is 0 Å². The van der Waals surface area contributed by atoms with Crippen molar-refractivity contribution in [2.75, 3.05) is 11.3 Å². The number of nitrogens with one attached hydrogen (secondary N) is 2. The lowest BCUT2D eigenvalue weighted by Gasteiger charge is -2.08. The van der Waals surface area contributed by atoms with Crippen molar-refractivity contribution in [3.8, 4) is 0 Å². The van der Waals surface area contributed by atoms with Gasteiger partial charge in [-0.1, -0.05) is 19.1 Å². The first-order valence-corrected chi connectivity index (χ1v) is 7.82. The van der Waals surface area contributed by atoms with E-state index < -0.39 is 10.0 Å². The van der Waals surface area contributed by atoms with E-state index in [1.54, 1.807) is 18.2 Å². The van der Waals surface area contributed by atoms with E-state index >= 15 is 0 Å². The lowest BCUT2D eigenvalue weighted by molar-refractivity contribution is 0.601. The van der Waals surface area contributed by atoms with Crippen LogP contribution in [0.3, 0.4) is 0 Å². The molecule has 0 spiro atoms. The van der Waals surface area contributed by atoms with Crippen molar-refractivity contribution in [1.82, 2.24) is 10.3 Å². The minimum atomic E-state index is -3.57.